The zero-order valence-electron chi connectivity index (χ0n) is 14.6. The molecule has 7 nitrogen and oxygen atoms in total. The van der Waals surface area contributed by atoms with E-state index in [0.717, 1.165) is 6.26 Å². The molecule has 0 aliphatic rings. The first-order chi connectivity index (χ1) is 11.3. The molecule has 1 aromatic carbocycles. The molecular weight excluding hydrogens is 462 g/mol. The van der Waals surface area contributed by atoms with Gasteiger partial charge in [-0.1, -0.05) is 0 Å². The lowest BCUT2D eigenvalue weighted by molar-refractivity contribution is 0.223. The minimum absolute atomic E-state index is 0. The maximum atomic E-state index is 12.8. The van der Waals surface area contributed by atoms with Crippen molar-refractivity contribution in [3.05, 3.63) is 30.1 Å². The molecule has 0 aliphatic heterocycles. The molecule has 1 unspecified atom stereocenters. The third-order valence-corrected chi connectivity index (χ3v) is 3.67. The molecule has 0 heterocycles. The van der Waals surface area contributed by atoms with Gasteiger partial charge < -0.3 is 15.4 Å². The summed E-state index contributed by atoms with van der Waals surface area (Å²) in [6.45, 7) is 3.35. The van der Waals surface area contributed by atoms with E-state index in [2.05, 4.69) is 20.3 Å². The summed E-state index contributed by atoms with van der Waals surface area (Å²) in [5.74, 6) is 0.896. The number of hydrogen-bond acceptors (Lipinski definition) is 4. The highest BCUT2D eigenvalue weighted by atomic mass is 127. The summed E-state index contributed by atoms with van der Waals surface area (Å²) in [7, 11) is -1.50. The number of rotatable bonds is 9. The first-order valence-corrected chi connectivity index (χ1v) is 9.50. The minimum Gasteiger partial charge on any atom is -0.489 e. The Morgan fingerprint density at radius 2 is 1.88 bits per heavy atom. The van der Waals surface area contributed by atoms with Gasteiger partial charge in [0.2, 0.25) is 10.0 Å². The number of guanidine groups is 1. The standard InChI is InChI=1S/C15H25FN4O3S.HI/c1-12(23-14-7-5-13(16)6-8-14)11-19-15(17-2)18-9-4-10-20-24(3,21)22;/h5-8,12,20H,4,9-11H2,1-3H3,(H2,17,18,19);1H. The van der Waals surface area contributed by atoms with Crippen molar-refractivity contribution in [2.45, 2.75) is 19.4 Å². The van der Waals surface area contributed by atoms with E-state index in [1.807, 2.05) is 6.92 Å². The Bertz CT molecular complexity index is 626. The van der Waals surface area contributed by atoms with E-state index < -0.39 is 10.0 Å². The second-order valence-electron chi connectivity index (χ2n) is 5.28. The summed E-state index contributed by atoms with van der Waals surface area (Å²) in [5, 5.41) is 6.19. The Kier molecular flexibility index (Phi) is 11.7. The average Bonchev–Trinajstić information content (AvgIpc) is 2.51. The quantitative estimate of drug-likeness (QED) is 0.211. The molecule has 3 N–H and O–H groups in total. The van der Waals surface area contributed by atoms with E-state index in [4.69, 9.17) is 4.74 Å². The lowest BCUT2D eigenvalue weighted by Crippen LogP contribution is -2.42. The fourth-order valence-electron chi connectivity index (χ4n) is 1.80. The molecule has 1 aromatic rings. The van der Waals surface area contributed by atoms with Gasteiger partial charge in [0, 0.05) is 20.1 Å². The van der Waals surface area contributed by atoms with E-state index in [-0.39, 0.29) is 35.9 Å². The predicted molar refractivity (Wildman–Crippen MR) is 109 cm³/mol. The van der Waals surface area contributed by atoms with Gasteiger partial charge in [-0.2, -0.15) is 0 Å². The number of sulfonamides is 1. The van der Waals surface area contributed by atoms with Gasteiger partial charge in [0.1, 0.15) is 17.7 Å². The second-order valence-corrected chi connectivity index (χ2v) is 7.12. The van der Waals surface area contributed by atoms with Gasteiger partial charge in [0.25, 0.3) is 0 Å². The number of ether oxygens (including phenoxy) is 1. The second kappa shape index (κ2) is 12.3. The predicted octanol–water partition coefficient (Wildman–Crippen LogP) is 1.32. The van der Waals surface area contributed by atoms with E-state index >= 15 is 0 Å². The number of nitrogens with zero attached hydrogens (tertiary/aromatic N) is 1. The molecule has 0 aromatic heterocycles. The molecule has 1 atom stereocenters. The minimum atomic E-state index is -3.15. The van der Waals surface area contributed by atoms with Crippen molar-refractivity contribution >= 4 is 40.0 Å². The zero-order valence-corrected chi connectivity index (χ0v) is 17.7. The van der Waals surface area contributed by atoms with Crippen LogP contribution >= 0.6 is 24.0 Å². The van der Waals surface area contributed by atoms with Gasteiger partial charge in [0.05, 0.1) is 12.8 Å². The molecular formula is C15H26FIN4O3S. The Labute approximate surface area is 165 Å². The highest BCUT2D eigenvalue weighted by Crippen LogP contribution is 2.12. The zero-order chi connectivity index (χ0) is 18.0. The van der Waals surface area contributed by atoms with Crippen molar-refractivity contribution in [3.8, 4) is 5.75 Å². The number of halogens is 2. The fourth-order valence-corrected chi connectivity index (χ4v) is 2.32. The SMILES string of the molecule is CN=C(NCCCNS(C)(=O)=O)NCC(C)Oc1ccc(F)cc1.I. The van der Waals surface area contributed by atoms with Crippen LogP contribution < -0.4 is 20.1 Å². The van der Waals surface area contributed by atoms with Crippen LogP contribution in [0, 0.1) is 5.82 Å². The number of aliphatic imine (C=N–C) groups is 1. The lowest BCUT2D eigenvalue weighted by Gasteiger charge is -2.17. The maximum absolute atomic E-state index is 12.8. The molecule has 0 amide bonds. The van der Waals surface area contributed by atoms with Crippen LogP contribution in [-0.4, -0.2) is 53.4 Å². The molecule has 0 radical (unpaired) electrons. The molecule has 0 fully saturated rings. The Morgan fingerprint density at radius 3 is 2.44 bits per heavy atom. The molecule has 0 spiro atoms. The van der Waals surface area contributed by atoms with Crippen LogP contribution in [0.1, 0.15) is 13.3 Å². The largest absolute Gasteiger partial charge is 0.489 e. The van der Waals surface area contributed by atoms with Crippen LogP contribution in [0.2, 0.25) is 0 Å². The van der Waals surface area contributed by atoms with Crippen molar-refractivity contribution < 1.29 is 17.5 Å². The summed E-state index contributed by atoms with van der Waals surface area (Å²) < 4.78 is 42.8. The van der Waals surface area contributed by atoms with Crippen molar-refractivity contribution in [2.24, 2.45) is 4.99 Å². The number of benzene rings is 1. The monoisotopic (exact) mass is 488 g/mol. The molecule has 0 aliphatic carbocycles. The van der Waals surface area contributed by atoms with E-state index in [9.17, 15) is 12.8 Å². The van der Waals surface area contributed by atoms with E-state index in [0.29, 0.717) is 37.8 Å². The van der Waals surface area contributed by atoms with Gasteiger partial charge in [-0.05, 0) is 37.6 Å². The molecule has 144 valence electrons. The third-order valence-electron chi connectivity index (χ3n) is 2.94. The van der Waals surface area contributed by atoms with Gasteiger partial charge in [-0.25, -0.2) is 17.5 Å². The van der Waals surface area contributed by atoms with Crippen molar-refractivity contribution in [3.63, 3.8) is 0 Å². The highest BCUT2D eigenvalue weighted by Gasteiger charge is 2.06. The normalized spacial score (nSPS) is 12.9. The smallest absolute Gasteiger partial charge is 0.208 e. The van der Waals surface area contributed by atoms with Crippen LogP contribution in [0.4, 0.5) is 4.39 Å². The fraction of sp³-hybridized carbons (Fsp3) is 0.533. The first-order valence-electron chi connectivity index (χ1n) is 7.61. The van der Waals surface area contributed by atoms with Crippen LogP contribution in [0.15, 0.2) is 29.3 Å². The summed E-state index contributed by atoms with van der Waals surface area (Å²) in [5.41, 5.74) is 0. The molecule has 0 saturated carbocycles. The molecule has 1 rings (SSSR count). The van der Waals surface area contributed by atoms with Crippen LogP contribution in [-0.2, 0) is 10.0 Å². The third kappa shape index (κ3) is 11.9. The van der Waals surface area contributed by atoms with Gasteiger partial charge in [0.15, 0.2) is 5.96 Å². The van der Waals surface area contributed by atoms with E-state index in [1.54, 1.807) is 19.2 Å². The highest BCUT2D eigenvalue weighted by molar-refractivity contribution is 14.0. The van der Waals surface area contributed by atoms with Crippen LogP contribution in [0.25, 0.3) is 0 Å². The molecule has 0 saturated heterocycles. The van der Waals surface area contributed by atoms with Crippen LogP contribution in [0.3, 0.4) is 0 Å². The summed E-state index contributed by atoms with van der Waals surface area (Å²) in [4.78, 5) is 4.08. The van der Waals surface area contributed by atoms with Gasteiger partial charge in [-0.15, -0.1) is 24.0 Å². The Balaban J connectivity index is 0.00000576. The lowest BCUT2D eigenvalue weighted by atomic mass is 10.3. The first kappa shape index (κ1) is 23.9. The van der Waals surface area contributed by atoms with E-state index in [1.165, 1.54) is 12.1 Å². The topological polar surface area (TPSA) is 91.8 Å². The van der Waals surface area contributed by atoms with Crippen molar-refractivity contribution in [1.82, 2.24) is 15.4 Å². The average molecular weight is 488 g/mol. The summed E-state index contributed by atoms with van der Waals surface area (Å²) >= 11 is 0. The molecule has 0 bridgehead atoms. The number of nitrogens with one attached hydrogen (secondary N) is 3. The summed E-state index contributed by atoms with van der Waals surface area (Å²) in [6, 6.07) is 5.85. The molecule has 10 heteroatoms. The van der Waals surface area contributed by atoms with Crippen molar-refractivity contribution in [1.29, 1.82) is 0 Å². The van der Waals surface area contributed by atoms with Gasteiger partial charge >= 0.3 is 0 Å². The molecule has 25 heavy (non-hydrogen) atoms. The Hall–Kier alpha value is -1.14. The van der Waals surface area contributed by atoms with Crippen molar-refractivity contribution in [2.75, 3.05) is 32.9 Å². The summed E-state index contributed by atoms with van der Waals surface area (Å²) in [6.07, 6.45) is 1.62. The van der Waals surface area contributed by atoms with Gasteiger partial charge in [-0.3, -0.25) is 4.99 Å². The maximum Gasteiger partial charge on any atom is 0.208 e. The Morgan fingerprint density at radius 1 is 1.24 bits per heavy atom. The number of hydrogen-bond donors (Lipinski definition) is 3. The van der Waals surface area contributed by atoms with Crippen LogP contribution in [0.5, 0.6) is 5.75 Å².